The first-order chi connectivity index (χ1) is 8.49. The van der Waals surface area contributed by atoms with E-state index in [1.165, 1.54) is 12.1 Å². The van der Waals surface area contributed by atoms with Crippen LogP contribution in [-0.2, 0) is 14.6 Å². The van der Waals surface area contributed by atoms with Crippen molar-refractivity contribution in [2.75, 3.05) is 19.0 Å². The normalized spacial score (nSPS) is 14.3. The predicted molar refractivity (Wildman–Crippen MR) is 65.0 cm³/mol. The van der Waals surface area contributed by atoms with E-state index in [0.717, 1.165) is 0 Å². The van der Waals surface area contributed by atoms with E-state index in [0.29, 0.717) is 24.7 Å². The third-order valence-electron chi connectivity index (χ3n) is 2.44. The first-order valence-corrected chi connectivity index (χ1v) is 7.33. The van der Waals surface area contributed by atoms with E-state index in [1.54, 1.807) is 6.07 Å². The Labute approximate surface area is 110 Å². The highest BCUT2D eigenvalue weighted by Gasteiger charge is 2.20. The second kappa shape index (κ2) is 5.16. The number of sulfone groups is 1. The Bertz CT molecular complexity index is 567. The van der Waals surface area contributed by atoms with Crippen LogP contribution in [0.4, 0.5) is 0 Å². The molecule has 18 heavy (non-hydrogen) atoms. The van der Waals surface area contributed by atoms with E-state index < -0.39 is 15.1 Å². The molecular formula is C11H11ClO5S. The van der Waals surface area contributed by atoms with Crippen molar-refractivity contribution in [2.24, 2.45) is 0 Å². The van der Waals surface area contributed by atoms with Gasteiger partial charge in [-0.3, -0.25) is 4.79 Å². The number of hydrogen-bond donors (Lipinski definition) is 0. The first-order valence-electron chi connectivity index (χ1n) is 5.30. The lowest BCUT2D eigenvalue weighted by atomic mass is 10.3. The van der Waals surface area contributed by atoms with Crippen LogP contribution in [0.5, 0.6) is 11.5 Å². The number of ether oxygens (including phenoxy) is 2. The summed E-state index contributed by atoms with van der Waals surface area (Å²) >= 11 is 5.14. The lowest BCUT2D eigenvalue weighted by Crippen LogP contribution is -2.16. The molecule has 1 aliphatic rings. The Morgan fingerprint density at radius 3 is 2.56 bits per heavy atom. The summed E-state index contributed by atoms with van der Waals surface area (Å²) in [6.07, 6.45) is -0.210. The monoisotopic (exact) mass is 290 g/mol. The molecular weight excluding hydrogens is 280 g/mol. The molecule has 5 nitrogen and oxygen atoms in total. The molecule has 1 aromatic rings. The second-order valence-corrected chi connectivity index (χ2v) is 6.26. The van der Waals surface area contributed by atoms with Gasteiger partial charge in [-0.1, -0.05) is 0 Å². The van der Waals surface area contributed by atoms with Gasteiger partial charge in [0.15, 0.2) is 21.3 Å². The van der Waals surface area contributed by atoms with Crippen LogP contribution in [0.3, 0.4) is 0 Å². The van der Waals surface area contributed by atoms with Crippen LogP contribution in [0, 0.1) is 0 Å². The second-order valence-electron chi connectivity index (χ2n) is 3.73. The van der Waals surface area contributed by atoms with E-state index in [-0.39, 0.29) is 17.1 Å². The summed E-state index contributed by atoms with van der Waals surface area (Å²) in [7, 11) is -3.53. The van der Waals surface area contributed by atoms with Crippen molar-refractivity contribution in [3.8, 4) is 11.5 Å². The van der Waals surface area contributed by atoms with E-state index in [2.05, 4.69) is 0 Å². The van der Waals surface area contributed by atoms with Crippen LogP contribution >= 0.6 is 11.6 Å². The maximum Gasteiger partial charge on any atom is 0.222 e. The smallest absolute Gasteiger partial charge is 0.222 e. The van der Waals surface area contributed by atoms with Crippen LogP contribution in [0.1, 0.15) is 6.42 Å². The molecule has 0 saturated heterocycles. The van der Waals surface area contributed by atoms with Crippen LogP contribution in [0.25, 0.3) is 0 Å². The van der Waals surface area contributed by atoms with Gasteiger partial charge in [0.1, 0.15) is 13.2 Å². The van der Waals surface area contributed by atoms with Crippen molar-refractivity contribution in [3.05, 3.63) is 18.2 Å². The van der Waals surface area contributed by atoms with Crippen molar-refractivity contribution in [2.45, 2.75) is 11.3 Å². The molecule has 0 amide bonds. The minimum atomic E-state index is -3.53. The number of halogens is 1. The van der Waals surface area contributed by atoms with Gasteiger partial charge >= 0.3 is 0 Å². The van der Waals surface area contributed by atoms with Gasteiger partial charge in [-0.2, -0.15) is 0 Å². The highest BCUT2D eigenvalue weighted by molar-refractivity contribution is 7.91. The van der Waals surface area contributed by atoms with Gasteiger partial charge in [-0.05, 0) is 23.7 Å². The zero-order valence-electron chi connectivity index (χ0n) is 9.39. The number of carbonyl (C=O) groups excluding carboxylic acids is 1. The minimum Gasteiger partial charge on any atom is -0.486 e. The molecule has 2 rings (SSSR count). The zero-order chi connectivity index (χ0) is 13.2. The fraction of sp³-hybridized carbons (Fsp3) is 0.364. The van der Waals surface area contributed by atoms with Crippen LogP contribution < -0.4 is 9.47 Å². The molecule has 1 heterocycles. The minimum absolute atomic E-state index is 0.102. The Hall–Kier alpha value is -1.27. The zero-order valence-corrected chi connectivity index (χ0v) is 11.0. The average Bonchev–Trinajstić information content (AvgIpc) is 2.36. The van der Waals surface area contributed by atoms with Crippen molar-refractivity contribution >= 4 is 26.7 Å². The molecule has 0 atom stereocenters. The van der Waals surface area contributed by atoms with E-state index in [4.69, 9.17) is 21.1 Å². The van der Waals surface area contributed by atoms with Crippen molar-refractivity contribution in [1.29, 1.82) is 0 Å². The molecule has 1 aromatic carbocycles. The fourth-order valence-electron chi connectivity index (χ4n) is 1.55. The number of benzene rings is 1. The molecule has 0 unspecified atom stereocenters. The molecule has 0 saturated carbocycles. The van der Waals surface area contributed by atoms with Crippen molar-refractivity contribution < 1.29 is 22.7 Å². The summed E-state index contributed by atoms with van der Waals surface area (Å²) in [4.78, 5) is 10.7. The standard InChI is InChI=1S/C11H11ClO5S/c12-11(13)3-6-18(14,15)8-1-2-9-10(7-8)17-5-4-16-9/h1-2,7H,3-6H2. The topological polar surface area (TPSA) is 69.7 Å². The molecule has 0 aromatic heterocycles. The largest absolute Gasteiger partial charge is 0.486 e. The molecule has 0 fully saturated rings. The number of rotatable bonds is 4. The van der Waals surface area contributed by atoms with Gasteiger partial charge in [0, 0.05) is 12.5 Å². The maximum atomic E-state index is 11.9. The number of hydrogen-bond acceptors (Lipinski definition) is 5. The van der Waals surface area contributed by atoms with Crippen LogP contribution in [0.15, 0.2) is 23.1 Å². The van der Waals surface area contributed by atoms with E-state index >= 15 is 0 Å². The third-order valence-corrected chi connectivity index (χ3v) is 4.34. The molecule has 0 spiro atoms. The van der Waals surface area contributed by atoms with E-state index in [9.17, 15) is 13.2 Å². The van der Waals surface area contributed by atoms with Crippen molar-refractivity contribution in [1.82, 2.24) is 0 Å². The number of carbonyl (C=O) groups is 1. The fourth-order valence-corrected chi connectivity index (χ4v) is 3.01. The SMILES string of the molecule is O=C(Cl)CCS(=O)(=O)c1ccc2c(c1)OCCO2. The van der Waals surface area contributed by atoms with E-state index in [1.807, 2.05) is 0 Å². The molecule has 1 aliphatic heterocycles. The molecule has 7 heteroatoms. The van der Waals surface area contributed by atoms with Gasteiger partial charge in [0.2, 0.25) is 5.24 Å². The van der Waals surface area contributed by atoms with Gasteiger partial charge in [0.05, 0.1) is 10.6 Å². The summed E-state index contributed by atoms with van der Waals surface area (Å²) in [6, 6.07) is 4.38. The molecule has 0 N–H and O–H groups in total. The number of fused-ring (bicyclic) bond motifs is 1. The first kappa shape index (κ1) is 13.2. The predicted octanol–water partition coefficient (Wildman–Crippen LogP) is 1.39. The lowest BCUT2D eigenvalue weighted by Gasteiger charge is -2.18. The van der Waals surface area contributed by atoms with Gasteiger partial charge in [0.25, 0.3) is 0 Å². The van der Waals surface area contributed by atoms with Gasteiger partial charge in [-0.15, -0.1) is 0 Å². The average molecular weight is 291 g/mol. The van der Waals surface area contributed by atoms with Gasteiger partial charge < -0.3 is 9.47 Å². The highest BCUT2D eigenvalue weighted by atomic mass is 35.5. The summed E-state index contributed by atoms with van der Waals surface area (Å²) in [5, 5.41) is -0.670. The lowest BCUT2D eigenvalue weighted by molar-refractivity contribution is -0.111. The molecule has 0 radical (unpaired) electrons. The quantitative estimate of drug-likeness (QED) is 0.784. The summed E-state index contributed by atoms with van der Waals surface area (Å²) in [5.41, 5.74) is 0. The Kier molecular flexibility index (Phi) is 3.77. The maximum absolute atomic E-state index is 11.9. The third kappa shape index (κ3) is 2.94. The van der Waals surface area contributed by atoms with Crippen LogP contribution in [-0.4, -0.2) is 32.6 Å². The summed E-state index contributed by atoms with van der Waals surface area (Å²) in [6.45, 7) is 0.830. The Balaban J connectivity index is 2.25. The Morgan fingerprint density at radius 1 is 1.22 bits per heavy atom. The molecule has 98 valence electrons. The molecule has 0 aliphatic carbocycles. The summed E-state index contributed by atoms with van der Waals surface area (Å²) < 4.78 is 34.4. The Morgan fingerprint density at radius 2 is 1.89 bits per heavy atom. The highest BCUT2D eigenvalue weighted by Crippen LogP contribution is 2.32. The van der Waals surface area contributed by atoms with Crippen LogP contribution in [0.2, 0.25) is 0 Å². The van der Waals surface area contributed by atoms with Gasteiger partial charge in [-0.25, -0.2) is 8.42 Å². The molecule has 0 bridgehead atoms. The van der Waals surface area contributed by atoms with Crippen molar-refractivity contribution in [3.63, 3.8) is 0 Å². The summed E-state index contributed by atoms with van der Waals surface area (Å²) in [5.74, 6) is 0.614.